The molecule has 0 spiro atoms. The first-order valence-corrected chi connectivity index (χ1v) is 8.57. The summed E-state index contributed by atoms with van der Waals surface area (Å²) >= 11 is 0. The van der Waals surface area contributed by atoms with E-state index in [2.05, 4.69) is 0 Å². The Morgan fingerprint density at radius 1 is 1.00 bits per heavy atom. The highest BCUT2D eigenvalue weighted by atomic mass is 16.5. The number of rotatable bonds is 4. The Morgan fingerprint density at radius 2 is 1.69 bits per heavy atom. The average molecular weight is 348 g/mol. The fourth-order valence-electron chi connectivity index (χ4n) is 3.50. The van der Waals surface area contributed by atoms with Crippen LogP contribution in [0.1, 0.15) is 32.0 Å². The van der Waals surface area contributed by atoms with Gasteiger partial charge in [-0.25, -0.2) is 0 Å². The number of carbonyl (C=O) groups excluding carboxylic acids is 2. The second kappa shape index (κ2) is 6.11. The molecule has 2 aromatic carbocycles. The van der Waals surface area contributed by atoms with Crippen molar-refractivity contribution in [2.24, 2.45) is 7.05 Å². The summed E-state index contributed by atoms with van der Waals surface area (Å²) in [4.78, 5) is 28.1. The summed E-state index contributed by atoms with van der Waals surface area (Å²) in [5.74, 6) is 0.488. The van der Waals surface area contributed by atoms with Gasteiger partial charge in [0.2, 0.25) is 5.78 Å². The largest absolute Gasteiger partial charge is 0.492 e. The Hall–Kier alpha value is -2.92. The molecule has 3 aromatic rings. The molecule has 5 nitrogen and oxygen atoms in total. The zero-order valence-electron chi connectivity index (χ0n) is 15.1. The molecule has 0 N–H and O–H groups in total. The van der Waals surface area contributed by atoms with Crippen LogP contribution in [-0.2, 0) is 7.05 Å². The van der Waals surface area contributed by atoms with Crippen molar-refractivity contribution in [1.29, 1.82) is 0 Å². The van der Waals surface area contributed by atoms with Crippen molar-refractivity contribution >= 4 is 22.5 Å². The first-order chi connectivity index (χ1) is 12.5. The highest BCUT2D eigenvalue weighted by molar-refractivity contribution is 6.32. The third-order valence-electron chi connectivity index (χ3n) is 4.84. The molecule has 0 radical (unpaired) electrons. The van der Waals surface area contributed by atoms with Crippen LogP contribution in [0.25, 0.3) is 10.9 Å². The Labute approximate surface area is 151 Å². The van der Waals surface area contributed by atoms with Gasteiger partial charge in [0.1, 0.15) is 18.1 Å². The van der Waals surface area contributed by atoms with Crippen molar-refractivity contribution in [1.82, 2.24) is 9.47 Å². The maximum Gasteiger partial charge on any atom is 0.210 e. The van der Waals surface area contributed by atoms with Gasteiger partial charge in [-0.05, 0) is 32.3 Å². The zero-order chi connectivity index (χ0) is 18.4. The van der Waals surface area contributed by atoms with Gasteiger partial charge in [-0.3, -0.25) is 9.59 Å². The minimum Gasteiger partial charge on any atom is -0.492 e. The lowest BCUT2D eigenvalue weighted by Crippen LogP contribution is -2.22. The molecule has 1 aliphatic rings. The SMILES string of the molecule is CN(C)CCOc1ccc2c(c1)c1c(n2C)C(=O)c2ccccc2C1=O. The van der Waals surface area contributed by atoms with E-state index in [0.717, 1.165) is 17.4 Å². The Bertz CT molecular complexity index is 1050. The summed E-state index contributed by atoms with van der Waals surface area (Å²) in [5.41, 5.74) is 2.72. The normalized spacial score (nSPS) is 13.2. The molecule has 26 heavy (non-hydrogen) atoms. The smallest absolute Gasteiger partial charge is 0.210 e. The third kappa shape index (κ3) is 2.44. The van der Waals surface area contributed by atoms with Crippen LogP contribution in [0.2, 0.25) is 0 Å². The van der Waals surface area contributed by atoms with Crippen LogP contribution < -0.4 is 4.74 Å². The number of ketones is 2. The number of nitrogens with zero attached hydrogens (tertiary/aromatic N) is 2. The molecule has 0 aliphatic heterocycles. The number of carbonyl (C=O) groups is 2. The van der Waals surface area contributed by atoms with E-state index < -0.39 is 0 Å². The van der Waals surface area contributed by atoms with E-state index in [4.69, 9.17) is 4.74 Å². The number of benzene rings is 2. The Morgan fingerprint density at radius 3 is 2.38 bits per heavy atom. The molecule has 5 heteroatoms. The van der Waals surface area contributed by atoms with Gasteiger partial charge in [0.15, 0.2) is 5.78 Å². The quantitative estimate of drug-likeness (QED) is 0.569. The van der Waals surface area contributed by atoms with Crippen LogP contribution >= 0.6 is 0 Å². The number of aryl methyl sites for hydroxylation is 1. The van der Waals surface area contributed by atoms with E-state index in [9.17, 15) is 9.59 Å². The highest BCUT2D eigenvalue weighted by Crippen LogP contribution is 2.35. The van der Waals surface area contributed by atoms with Gasteiger partial charge in [0, 0.05) is 35.6 Å². The van der Waals surface area contributed by atoms with Crippen molar-refractivity contribution < 1.29 is 14.3 Å². The van der Waals surface area contributed by atoms with Crippen LogP contribution in [0.15, 0.2) is 42.5 Å². The first-order valence-electron chi connectivity index (χ1n) is 8.57. The van der Waals surface area contributed by atoms with Gasteiger partial charge >= 0.3 is 0 Å². The van der Waals surface area contributed by atoms with Crippen molar-refractivity contribution in [3.63, 3.8) is 0 Å². The molecule has 0 unspecified atom stereocenters. The van der Waals surface area contributed by atoms with Gasteiger partial charge < -0.3 is 14.2 Å². The predicted octanol–water partition coefficient (Wildman–Crippen LogP) is 2.89. The van der Waals surface area contributed by atoms with Crippen LogP contribution in [0.3, 0.4) is 0 Å². The van der Waals surface area contributed by atoms with Gasteiger partial charge in [0.25, 0.3) is 0 Å². The summed E-state index contributed by atoms with van der Waals surface area (Å²) in [6, 6.07) is 12.7. The fourth-order valence-corrected chi connectivity index (χ4v) is 3.50. The predicted molar refractivity (Wildman–Crippen MR) is 100 cm³/mol. The maximum absolute atomic E-state index is 13.1. The zero-order valence-corrected chi connectivity index (χ0v) is 15.1. The summed E-state index contributed by atoms with van der Waals surface area (Å²) in [6.07, 6.45) is 0. The van der Waals surface area contributed by atoms with Crippen molar-refractivity contribution in [3.05, 3.63) is 64.8 Å². The van der Waals surface area contributed by atoms with E-state index in [1.165, 1.54) is 0 Å². The Kier molecular flexibility index (Phi) is 3.89. The van der Waals surface area contributed by atoms with E-state index in [-0.39, 0.29) is 11.6 Å². The van der Waals surface area contributed by atoms with Crippen molar-refractivity contribution in [3.8, 4) is 5.75 Å². The monoisotopic (exact) mass is 348 g/mol. The second-order valence-electron chi connectivity index (χ2n) is 6.82. The Balaban J connectivity index is 1.84. The standard InChI is InChI=1S/C21H20N2O3/c1-22(2)10-11-26-13-8-9-17-16(12-13)18-19(23(17)3)21(25)15-7-5-4-6-14(15)20(18)24/h4-9,12H,10-11H2,1-3H3. The van der Waals surface area contributed by atoms with E-state index in [0.29, 0.717) is 34.7 Å². The van der Waals surface area contributed by atoms with Crippen LogP contribution in [0.4, 0.5) is 0 Å². The van der Waals surface area contributed by atoms with Gasteiger partial charge in [-0.2, -0.15) is 0 Å². The molecule has 1 aromatic heterocycles. The number of likely N-dealkylation sites (N-methyl/N-ethyl adjacent to an activating group) is 1. The summed E-state index contributed by atoms with van der Waals surface area (Å²) in [7, 11) is 5.80. The van der Waals surface area contributed by atoms with E-state index in [1.807, 2.05) is 48.8 Å². The number of aromatic nitrogens is 1. The van der Waals surface area contributed by atoms with E-state index in [1.54, 1.807) is 24.3 Å². The second-order valence-corrected chi connectivity index (χ2v) is 6.82. The number of fused-ring (bicyclic) bond motifs is 4. The molecule has 1 aliphatic carbocycles. The highest BCUT2D eigenvalue weighted by Gasteiger charge is 2.34. The van der Waals surface area contributed by atoms with Gasteiger partial charge in [-0.1, -0.05) is 24.3 Å². The molecular weight excluding hydrogens is 328 g/mol. The molecule has 0 fully saturated rings. The molecule has 4 rings (SSSR count). The lowest BCUT2D eigenvalue weighted by Gasteiger charge is -2.15. The molecule has 0 amide bonds. The van der Waals surface area contributed by atoms with E-state index >= 15 is 0 Å². The van der Waals surface area contributed by atoms with Crippen LogP contribution in [-0.4, -0.2) is 48.3 Å². The molecule has 0 saturated carbocycles. The number of hydrogen-bond acceptors (Lipinski definition) is 4. The minimum atomic E-state index is -0.107. The molecular formula is C21H20N2O3. The van der Waals surface area contributed by atoms with Gasteiger partial charge in [-0.15, -0.1) is 0 Å². The lowest BCUT2D eigenvalue weighted by molar-refractivity contribution is 0.0975. The number of hydrogen-bond donors (Lipinski definition) is 0. The molecule has 1 heterocycles. The summed E-state index contributed by atoms with van der Waals surface area (Å²) in [5, 5.41) is 0.762. The fraction of sp³-hybridized carbons (Fsp3) is 0.238. The summed E-state index contributed by atoms with van der Waals surface area (Å²) < 4.78 is 7.62. The lowest BCUT2D eigenvalue weighted by atomic mass is 9.87. The topological polar surface area (TPSA) is 51.5 Å². The van der Waals surface area contributed by atoms with Crippen molar-refractivity contribution in [2.75, 3.05) is 27.2 Å². The first kappa shape index (κ1) is 16.5. The number of ether oxygens (including phenoxy) is 1. The van der Waals surface area contributed by atoms with Crippen LogP contribution in [0.5, 0.6) is 5.75 Å². The van der Waals surface area contributed by atoms with Gasteiger partial charge in [0.05, 0.1) is 5.56 Å². The van der Waals surface area contributed by atoms with Crippen molar-refractivity contribution in [2.45, 2.75) is 0 Å². The molecule has 132 valence electrons. The molecule has 0 saturated heterocycles. The molecule has 0 bridgehead atoms. The summed E-state index contributed by atoms with van der Waals surface area (Å²) in [6.45, 7) is 1.36. The minimum absolute atomic E-state index is 0.105. The maximum atomic E-state index is 13.1. The van der Waals surface area contributed by atoms with Crippen LogP contribution in [0, 0.1) is 0 Å². The molecule has 0 atom stereocenters. The third-order valence-corrected chi connectivity index (χ3v) is 4.84. The average Bonchev–Trinajstić information content (AvgIpc) is 2.92.